The Kier molecular flexibility index (Phi) is 5.36. The highest BCUT2D eigenvalue weighted by Gasteiger charge is 2.31. The number of sulfone groups is 1. The summed E-state index contributed by atoms with van der Waals surface area (Å²) in [5.41, 5.74) is 7.03. The number of amides is 1. The van der Waals surface area contributed by atoms with E-state index in [4.69, 9.17) is 5.73 Å². The van der Waals surface area contributed by atoms with E-state index in [1.165, 1.54) is 0 Å². The minimum absolute atomic E-state index is 0.136. The zero-order valence-electron chi connectivity index (χ0n) is 12.0. The van der Waals surface area contributed by atoms with Gasteiger partial charge in [-0.1, -0.05) is 30.3 Å². The van der Waals surface area contributed by atoms with Gasteiger partial charge in [0.15, 0.2) is 9.84 Å². The molecule has 2 unspecified atom stereocenters. The molecule has 2 rings (SSSR count). The lowest BCUT2D eigenvalue weighted by Crippen LogP contribution is -2.34. The van der Waals surface area contributed by atoms with Gasteiger partial charge in [-0.3, -0.25) is 4.79 Å². The lowest BCUT2D eigenvalue weighted by Gasteiger charge is -2.13. The molecule has 1 aliphatic heterocycles. The highest BCUT2D eigenvalue weighted by atomic mass is 32.2. The lowest BCUT2D eigenvalue weighted by molar-refractivity contribution is -0.121. The smallest absolute Gasteiger partial charge is 0.220 e. The number of benzene rings is 1. The molecule has 6 heteroatoms. The van der Waals surface area contributed by atoms with Crippen molar-refractivity contribution >= 4 is 15.7 Å². The van der Waals surface area contributed by atoms with Crippen LogP contribution >= 0.6 is 0 Å². The molecule has 1 aromatic rings. The van der Waals surface area contributed by atoms with E-state index in [1.807, 2.05) is 30.3 Å². The second-order valence-electron chi connectivity index (χ2n) is 5.49. The minimum Gasteiger partial charge on any atom is -0.355 e. The fraction of sp³-hybridized carbons (Fsp3) is 0.533. The number of carbonyl (C=O) groups is 1. The lowest BCUT2D eigenvalue weighted by atomic mass is 10.0. The monoisotopic (exact) mass is 310 g/mol. The average molecular weight is 310 g/mol. The van der Waals surface area contributed by atoms with E-state index in [9.17, 15) is 13.2 Å². The maximum Gasteiger partial charge on any atom is 0.220 e. The zero-order valence-corrected chi connectivity index (χ0v) is 12.8. The van der Waals surface area contributed by atoms with Crippen molar-refractivity contribution in [1.82, 2.24) is 5.32 Å². The van der Waals surface area contributed by atoms with Crippen LogP contribution < -0.4 is 11.1 Å². The second-order valence-corrected chi connectivity index (χ2v) is 7.89. The Bertz CT molecular complexity index is 572. The summed E-state index contributed by atoms with van der Waals surface area (Å²) in [5, 5.41) is 2.30. The van der Waals surface area contributed by atoms with Crippen LogP contribution in [0.15, 0.2) is 30.3 Å². The standard InChI is InChI=1S/C15H22N2O3S/c16-14(12-5-2-1-3-6-12)8-9-15(18)17-11-13-7-4-10-21(13,19)20/h1-3,5-6,13-14H,4,7-11,16H2,(H,17,18). The first-order valence-corrected chi connectivity index (χ1v) is 8.99. The molecular weight excluding hydrogens is 288 g/mol. The van der Waals surface area contributed by atoms with E-state index >= 15 is 0 Å². The van der Waals surface area contributed by atoms with Gasteiger partial charge in [0.1, 0.15) is 0 Å². The van der Waals surface area contributed by atoms with E-state index in [0.29, 0.717) is 25.7 Å². The van der Waals surface area contributed by atoms with Crippen molar-refractivity contribution in [3.05, 3.63) is 35.9 Å². The second kappa shape index (κ2) is 7.04. The third-order valence-corrected chi connectivity index (χ3v) is 6.18. The summed E-state index contributed by atoms with van der Waals surface area (Å²) in [6.07, 6.45) is 2.20. The summed E-state index contributed by atoms with van der Waals surface area (Å²) < 4.78 is 23.3. The summed E-state index contributed by atoms with van der Waals surface area (Å²) in [6.45, 7) is 0.224. The van der Waals surface area contributed by atoms with Crippen molar-refractivity contribution in [2.24, 2.45) is 5.73 Å². The first-order chi connectivity index (χ1) is 9.99. The normalized spacial score (nSPS) is 21.9. The Morgan fingerprint density at radius 1 is 1.33 bits per heavy atom. The van der Waals surface area contributed by atoms with Crippen molar-refractivity contribution in [3.63, 3.8) is 0 Å². The van der Waals surface area contributed by atoms with Crippen molar-refractivity contribution in [1.29, 1.82) is 0 Å². The largest absolute Gasteiger partial charge is 0.355 e. The van der Waals surface area contributed by atoms with Crippen LogP contribution in [0.4, 0.5) is 0 Å². The van der Waals surface area contributed by atoms with Crippen molar-refractivity contribution < 1.29 is 13.2 Å². The van der Waals surface area contributed by atoms with Crippen LogP contribution in [-0.2, 0) is 14.6 Å². The predicted octanol–water partition coefficient (Wildman–Crippen LogP) is 1.16. The minimum atomic E-state index is -3.00. The summed E-state index contributed by atoms with van der Waals surface area (Å²) in [4.78, 5) is 11.8. The zero-order chi connectivity index (χ0) is 15.3. The molecule has 0 aromatic heterocycles. The summed E-state index contributed by atoms with van der Waals surface area (Å²) >= 11 is 0. The number of carbonyl (C=O) groups excluding carboxylic acids is 1. The topological polar surface area (TPSA) is 89.3 Å². The van der Waals surface area contributed by atoms with Crippen molar-refractivity contribution in [2.45, 2.75) is 37.0 Å². The molecule has 116 valence electrons. The molecule has 1 aliphatic rings. The molecule has 21 heavy (non-hydrogen) atoms. The first kappa shape index (κ1) is 16.0. The molecule has 3 N–H and O–H groups in total. The number of rotatable bonds is 6. The summed E-state index contributed by atoms with van der Waals surface area (Å²) in [5.74, 6) is 0.107. The Labute approximate surface area is 125 Å². The van der Waals surface area contributed by atoms with Gasteiger partial charge in [-0.2, -0.15) is 0 Å². The van der Waals surface area contributed by atoms with Gasteiger partial charge in [0.05, 0.1) is 11.0 Å². The first-order valence-electron chi connectivity index (χ1n) is 7.28. The van der Waals surface area contributed by atoms with Gasteiger partial charge < -0.3 is 11.1 Å². The predicted molar refractivity (Wildman–Crippen MR) is 82.4 cm³/mol. The van der Waals surface area contributed by atoms with Crippen LogP contribution in [0.1, 0.15) is 37.3 Å². The summed E-state index contributed by atoms with van der Waals surface area (Å²) in [7, 11) is -3.00. The van der Waals surface area contributed by atoms with Crippen LogP contribution in [0.25, 0.3) is 0 Å². The van der Waals surface area contributed by atoms with Crippen LogP contribution in [0.2, 0.25) is 0 Å². The number of nitrogens with two attached hydrogens (primary N) is 1. The molecule has 5 nitrogen and oxygen atoms in total. The molecule has 0 radical (unpaired) electrons. The molecular formula is C15H22N2O3S. The molecule has 1 fully saturated rings. The van der Waals surface area contributed by atoms with Gasteiger partial charge in [0.2, 0.25) is 5.91 Å². The van der Waals surface area contributed by atoms with Crippen LogP contribution in [0.3, 0.4) is 0 Å². The number of hydrogen-bond donors (Lipinski definition) is 2. The third-order valence-electron chi connectivity index (χ3n) is 3.90. The van der Waals surface area contributed by atoms with E-state index < -0.39 is 15.1 Å². The Balaban J connectivity index is 1.73. The van der Waals surface area contributed by atoms with Gasteiger partial charge in [-0.15, -0.1) is 0 Å². The molecule has 2 atom stereocenters. The molecule has 0 spiro atoms. The van der Waals surface area contributed by atoms with E-state index in [-0.39, 0.29) is 24.2 Å². The fourth-order valence-corrected chi connectivity index (χ4v) is 4.32. The summed E-state index contributed by atoms with van der Waals surface area (Å²) in [6, 6.07) is 9.46. The highest BCUT2D eigenvalue weighted by Crippen LogP contribution is 2.19. The quantitative estimate of drug-likeness (QED) is 0.825. The van der Waals surface area contributed by atoms with Gasteiger partial charge in [0.25, 0.3) is 0 Å². The third kappa shape index (κ3) is 4.54. The molecule has 1 heterocycles. The van der Waals surface area contributed by atoms with Crippen LogP contribution in [0.5, 0.6) is 0 Å². The van der Waals surface area contributed by atoms with Gasteiger partial charge in [-0.05, 0) is 24.8 Å². The van der Waals surface area contributed by atoms with Gasteiger partial charge in [-0.25, -0.2) is 8.42 Å². The number of nitrogens with one attached hydrogen (secondary N) is 1. The maximum absolute atomic E-state index is 11.8. The Morgan fingerprint density at radius 2 is 2.05 bits per heavy atom. The van der Waals surface area contributed by atoms with E-state index in [1.54, 1.807) is 0 Å². The molecule has 0 saturated carbocycles. The van der Waals surface area contributed by atoms with Crippen LogP contribution in [0, 0.1) is 0 Å². The van der Waals surface area contributed by atoms with E-state index in [0.717, 1.165) is 5.56 Å². The van der Waals surface area contributed by atoms with E-state index in [2.05, 4.69) is 5.32 Å². The van der Waals surface area contributed by atoms with Gasteiger partial charge >= 0.3 is 0 Å². The SMILES string of the molecule is NC(CCC(=O)NCC1CCCS1(=O)=O)c1ccccc1. The highest BCUT2D eigenvalue weighted by molar-refractivity contribution is 7.92. The Morgan fingerprint density at radius 3 is 2.67 bits per heavy atom. The average Bonchev–Trinajstić information content (AvgIpc) is 2.82. The maximum atomic E-state index is 11.8. The molecule has 0 bridgehead atoms. The molecule has 1 saturated heterocycles. The Hall–Kier alpha value is -1.40. The van der Waals surface area contributed by atoms with Crippen LogP contribution in [-0.4, -0.2) is 31.9 Å². The molecule has 1 amide bonds. The molecule has 0 aliphatic carbocycles. The van der Waals surface area contributed by atoms with Gasteiger partial charge in [0, 0.05) is 19.0 Å². The fourth-order valence-electron chi connectivity index (χ4n) is 2.56. The van der Waals surface area contributed by atoms with Crippen molar-refractivity contribution in [3.8, 4) is 0 Å². The number of hydrogen-bond acceptors (Lipinski definition) is 4. The van der Waals surface area contributed by atoms with Crippen molar-refractivity contribution in [2.75, 3.05) is 12.3 Å². The molecule has 1 aromatic carbocycles.